The van der Waals surface area contributed by atoms with Gasteiger partial charge >= 0.3 is 0 Å². The monoisotopic (exact) mass is 316 g/mol. The van der Waals surface area contributed by atoms with Gasteiger partial charge in [-0.05, 0) is 98.7 Å². The summed E-state index contributed by atoms with van der Waals surface area (Å²) in [6.45, 7) is 9.45. The van der Waals surface area contributed by atoms with E-state index in [9.17, 15) is 4.79 Å². The van der Waals surface area contributed by atoms with Crippen LogP contribution in [0.5, 0.6) is 0 Å². The molecule has 0 radical (unpaired) electrons. The SMILES string of the molecule is CC(=O)C1CC[C@H]2[C@@H]3CC[C@H]4C[C@@H](C)CC[C@]4(C)[C@H]3CC[C@]12C. The van der Waals surface area contributed by atoms with Crippen LogP contribution in [0.2, 0.25) is 0 Å². The largest absolute Gasteiger partial charge is 0.300 e. The first-order valence-electron chi connectivity index (χ1n) is 10.4. The molecule has 0 heterocycles. The minimum Gasteiger partial charge on any atom is -0.300 e. The summed E-state index contributed by atoms with van der Waals surface area (Å²) in [4.78, 5) is 12.2. The average Bonchev–Trinajstić information content (AvgIpc) is 2.85. The maximum atomic E-state index is 12.2. The van der Waals surface area contributed by atoms with Gasteiger partial charge in [0.05, 0.1) is 0 Å². The van der Waals surface area contributed by atoms with Crippen LogP contribution in [0.15, 0.2) is 0 Å². The van der Waals surface area contributed by atoms with E-state index in [4.69, 9.17) is 0 Å². The fourth-order valence-corrected chi connectivity index (χ4v) is 8.14. The van der Waals surface area contributed by atoms with Crippen molar-refractivity contribution in [1.29, 1.82) is 0 Å². The van der Waals surface area contributed by atoms with Gasteiger partial charge in [0, 0.05) is 5.92 Å². The third-order valence-electron chi connectivity index (χ3n) is 9.42. The summed E-state index contributed by atoms with van der Waals surface area (Å²) in [6, 6.07) is 0. The van der Waals surface area contributed by atoms with E-state index in [1.807, 2.05) is 6.92 Å². The molecule has 1 heteroatoms. The van der Waals surface area contributed by atoms with Gasteiger partial charge in [0.25, 0.3) is 0 Å². The van der Waals surface area contributed by atoms with Crippen LogP contribution < -0.4 is 0 Å². The van der Waals surface area contributed by atoms with Crippen molar-refractivity contribution in [2.75, 3.05) is 0 Å². The predicted molar refractivity (Wildman–Crippen MR) is 95.1 cm³/mol. The van der Waals surface area contributed by atoms with Crippen LogP contribution in [0, 0.1) is 46.3 Å². The van der Waals surface area contributed by atoms with Gasteiger partial charge in [-0.25, -0.2) is 0 Å². The highest BCUT2D eigenvalue weighted by molar-refractivity contribution is 5.79. The Balaban J connectivity index is 1.61. The number of ketones is 1. The highest BCUT2D eigenvalue weighted by Crippen LogP contribution is 2.67. The van der Waals surface area contributed by atoms with Crippen LogP contribution in [0.25, 0.3) is 0 Å². The number of rotatable bonds is 1. The highest BCUT2D eigenvalue weighted by Gasteiger charge is 2.60. The van der Waals surface area contributed by atoms with E-state index in [-0.39, 0.29) is 0 Å². The number of carbonyl (C=O) groups excluding carboxylic acids is 1. The standard InChI is InChI=1S/C22H36O/c1-14-9-11-21(3)16(13-14)5-6-17-19-8-7-18(15(2)23)22(19,4)12-10-20(17)21/h14,16-20H,5-13H2,1-4H3/t14-,16-,17-,18?,19-,20-,21-,22+/m0/s1. The molecule has 4 rings (SSSR count). The summed E-state index contributed by atoms with van der Waals surface area (Å²) in [5, 5.41) is 0. The van der Waals surface area contributed by atoms with E-state index in [0.717, 1.165) is 29.6 Å². The van der Waals surface area contributed by atoms with Gasteiger partial charge in [0.2, 0.25) is 0 Å². The van der Waals surface area contributed by atoms with Gasteiger partial charge in [-0.15, -0.1) is 0 Å². The molecule has 8 atom stereocenters. The zero-order valence-electron chi connectivity index (χ0n) is 15.7. The molecule has 0 N–H and O–H groups in total. The van der Waals surface area contributed by atoms with Crippen molar-refractivity contribution in [2.24, 2.45) is 46.3 Å². The first-order valence-corrected chi connectivity index (χ1v) is 10.4. The molecule has 4 aliphatic rings. The van der Waals surface area contributed by atoms with Crippen molar-refractivity contribution in [3.63, 3.8) is 0 Å². The van der Waals surface area contributed by atoms with Crippen LogP contribution in [0.1, 0.15) is 85.5 Å². The molecule has 130 valence electrons. The normalized spacial score (nSPS) is 55.7. The molecule has 4 aliphatic carbocycles. The van der Waals surface area contributed by atoms with Crippen LogP contribution in [0.3, 0.4) is 0 Å². The maximum absolute atomic E-state index is 12.2. The van der Waals surface area contributed by atoms with E-state index in [2.05, 4.69) is 20.8 Å². The molecular weight excluding hydrogens is 280 g/mol. The fourth-order valence-electron chi connectivity index (χ4n) is 8.14. The Hall–Kier alpha value is -0.330. The zero-order valence-corrected chi connectivity index (χ0v) is 15.7. The molecule has 0 aromatic carbocycles. The molecule has 0 aromatic heterocycles. The molecule has 23 heavy (non-hydrogen) atoms. The summed E-state index contributed by atoms with van der Waals surface area (Å²) < 4.78 is 0. The summed E-state index contributed by atoms with van der Waals surface area (Å²) >= 11 is 0. The van der Waals surface area contributed by atoms with Gasteiger partial charge < -0.3 is 0 Å². The highest BCUT2D eigenvalue weighted by atomic mass is 16.1. The Morgan fingerprint density at radius 2 is 1.57 bits per heavy atom. The number of carbonyl (C=O) groups is 1. The van der Waals surface area contributed by atoms with Crippen LogP contribution in [0.4, 0.5) is 0 Å². The van der Waals surface area contributed by atoms with Crippen molar-refractivity contribution in [2.45, 2.75) is 85.5 Å². The molecule has 0 saturated heterocycles. The lowest BCUT2D eigenvalue weighted by molar-refractivity contribution is -0.135. The summed E-state index contributed by atoms with van der Waals surface area (Å²) in [5.74, 6) is 5.50. The molecule has 0 spiro atoms. The van der Waals surface area contributed by atoms with E-state index in [1.165, 1.54) is 57.8 Å². The minimum atomic E-state index is 0.332. The Bertz CT molecular complexity index is 496. The van der Waals surface area contributed by atoms with E-state index in [0.29, 0.717) is 22.5 Å². The number of hydrogen-bond acceptors (Lipinski definition) is 1. The average molecular weight is 317 g/mol. The second-order valence-corrected chi connectivity index (χ2v) is 10.3. The lowest BCUT2D eigenvalue weighted by atomic mass is 9.44. The minimum absolute atomic E-state index is 0.332. The molecule has 4 saturated carbocycles. The molecule has 0 amide bonds. The van der Waals surface area contributed by atoms with Crippen LogP contribution >= 0.6 is 0 Å². The van der Waals surface area contributed by atoms with E-state index >= 15 is 0 Å². The van der Waals surface area contributed by atoms with Gasteiger partial charge in [0.15, 0.2) is 0 Å². The molecule has 1 nitrogen and oxygen atoms in total. The number of Topliss-reactive ketones (excluding diaryl/α,β-unsaturated/α-hetero) is 1. The van der Waals surface area contributed by atoms with Crippen LogP contribution in [-0.2, 0) is 4.79 Å². The zero-order chi connectivity index (χ0) is 16.4. The van der Waals surface area contributed by atoms with Crippen molar-refractivity contribution in [1.82, 2.24) is 0 Å². The molecule has 0 aromatic rings. The molecule has 0 bridgehead atoms. The van der Waals surface area contributed by atoms with Crippen molar-refractivity contribution in [3.05, 3.63) is 0 Å². The lowest BCUT2D eigenvalue weighted by Gasteiger charge is -2.61. The second-order valence-electron chi connectivity index (χ2n) is 10.3. The first kappa shape index (κ1) is 16.2. The summed E-state index contributed by atoms with van der Waals surface area (Å²) in [5.41, 5.74) is 0.948. The third kappa shape index (κ3) is 2.20. The van der Waals surface area contributed by atoms with E-state index < -0.39 is 0 Å². The molecule has 1 unspecified atom stereocenters. The summed E-state index contributed by atoms with van der Waals surface area (Å²) in [6.07, 6.45) is 12.6. The van der Waals surface area contributed by atoms with Crippen LogP contribution in [-0.4, -0.2) is 5.78 Å². The topological polar surface area (TPSA) is 17.1 Å². The predicted octanol–water partition coefficient (Wildman–Crippen LogP) is 5.87. The van der Waals surface area contributed by atoms with Gasteiger partial charge in [-0.3, -0.25) is 4.79 Å². The fraction of sp³-hybridized carbons (Fsp3) is 0.955. The van der Waals surface area contributed by atoms with Crippen molar-refractivity contribution in [3.8, 4) is 0 Å². The maximum Gasteiger partial charge on any atom is 0.133 e. The van der Waals surface area contributed by atoms with Gasteiger partial charge in [0.1, 0.15) is 5.78 Å². The Morgan fingerprint density at radius 3 is 2.30 bits per heavy atom. The Labute approximate surface area is 143 Å². The molecule has 4 fully saturated rings. The number of fused-ring (bicyclic) bond motifs is 5. The van der Waals surface area contributed by atoms with Crippen molar-refractivity contribution < 1.29 is 4.79 Å². The van der Waals surface area contributed by atoms with Crippen molar-refractivity contribution >= 4 is 5.78 Å². The third-order valence-corrected chi connectivity index (χ3v) is 9.42. The quantitative estimate of drug-likeness (QED) is 0.591. The van der Waals surface area contributed by atoms with Gasteiger partial charge in [-0.1, -0.05) is 27.2 Å². The smallest absolute Gasteiger partial charge is 0.133 e. The Kier molecular flexibility index (Phi) is 3.75. The number of hydrogen-bond donors (Lipinski definition) is 0. The first-order chi connectivity index (χ1) is 10.9. The Morgan fingerprint density at radius 1 is 0.870 bits per heavy atom. The lowest BCUT2D eigenvalue weighted by Crippen LogP contribution is -2.53. The van der Waals surface area contributed by atoms with Gasteiger partial charge in [-0.2, -0.15) is 0 Å². The van der Waals surface area contributed by atoms with E-state index in [1.54, 1.807) is 0 Å². The summed E-state index contributed by atoms with van der Waals surface area (Å²) in [7, 11) is 0. The second kappa shape index (κ2) is 5.33. The molecular formula is C22H36O. The molecule has 0 aliphatic heterocycles.